The number of halogens is 3. The number of hydrogen-bond donors (Lipinski definition) is 1. The van der Waals surface area contributed by atoms with Crippen molar-refractivity contribution in [2.75, 3.05) is 24.6 Å². The summed E-state index contributed by atoms with van der Waals surface area (Å²) in [6.07, 6.45) is 7.08. The molecule has 8 nitrogen and oxygen atoms in total. The van der Waals surface area contributed by atoms with Crippen LogP contribution in [0.1, 0.15) is 24.8 Å². The van der Waals surface area contributed by atoms with Crippen molar-refractivity contribution in [3.8, 4) is 0 Å². The van der Waals surface area contributed by atoms with E-state index in [1.807, 2.05) is 24.5 Å². The Balaban J connectivity index is 0.000000339. The van der Waals surface area contributed by atoms with Crippen molar-refractivity contribution in [2.24, 2.45) is 0 Å². The third kappa shape index (κ3) is 6.59. The quantitative estimate of drug-likeness (QED) is 0.775. The van der Waals surface area contributed by atoms with Crippen molar-refractivity contribution in [1.29, 1.82) is 0 Å². The zero-order chi connectivity index (χ0) is 22.3. The van der Waals surface area contributed by atoms with Crippen LogP contribution in [0, 0.1) is 0 Å². The van der Waals surface area contributed by atoms with Gasteiger partial charge in [0.1, 0.15) is 5.82 Å². The molecule has 0 aromatic carbocycles. The number of anilines is 1. The fraction of sp³-hybridized carbons (Fsp3) is 0.500. The summed E-state index contributed by atoms with van der Waals surface area (Å²) in [4.78, 5) is 23.9. The number of carbonyl (C=O) groups is 1. The second-order valence-corrected chi connectivity index (χ2v) is 7.38. The van der Waals surface area contributed by atoms with E-state index in [2.05, 4.69) is 19.9 Å². The Morgan fingerprint density at radius 1 is 1.29 bits per heavy atom. The van der Waals surface area contributed by atoms with Gasteiger partial charge < -0.3 is 19.5 Å². The summed E-state index contributed by atoms with van der Waals surface area (Å²) in [6, 6.07) is 3.97. The van der Waals surface area contributed by atoms with Crippen molar-refractivity contribution >= 4 is 11.8 Å². The first-order valence-corrected chi connectivity index (χ1v) is 9.73. The number of rotatable bonds is 4. The number of carboxylic acid groups (broad SMARTS) is 1. The van der Waals surface area contributed by atoms with Gasteiger partial charge in [-0.25, -0.2) is 9.78 Å². The Morgan fingerprint density at radius 2 is 2.06 bits per heavy atom. The average Bonchev–Trinajstić information content (AvgIpc) is 3.15. The molecule has 2 aliphatic rings. The number of pyridine rings is 1. The van der Waals surface area contributed by atoms with Gasteiger partial charge in [-0.2, -0.15) is 13.2 Å². The van der Waals surface area contributed by atoms with Gasteiger partial charge in [0.25, 0.3) is 0 Å². The van der Waals surface area contributed by atoms with Crippen LogP contribution in [0.25, 0.3) is 0 Å². The Hall–Kier alpha value is -2.79. The minimum absolute atomic E-state index is 0.116. The fourth-order valence-electron chi connectivity index (χ4n) is 3.64. The Morgan fingerprint density at radius 3 is 2.71 bits per heavy atom. The smallest absolute Gasteiger partial charge is 0.475 e. The number of aromatic nitrogens is 3. The third-order valence-electron chi connectivity index (χ3n) is 5.04. The lowest BCUT2D eigenvalue weighted by Gasteiger charge is -2.40. The first-order chi connectivity index (χ1) is 14.8. The first kappa shape index (κ1) is 22.9. The number of ether oxygens (including phenoxy) is 2. The minimum Gasteiger partial charge on any atom is -0.475 e. The maximum absolute atomic E-state index is 10.6. The van der Waals surface area contributed by atoms with E-state index in [9.17, 15) is 13.2 Å². The molecular weight excluding hydrogens is 417 g/mol. The lowest BCUT2D eigenvalue weighted by atomic mass is 9.89. The summed E-state index contributed by atoms with van der Waals surface area (Å²) in [5.74, 6) is -1.83. The molecular formula is C20H23F3N4O4. The highest BCUT2D eigenvalue weighted by Gasteiger charge is 2.44. The van der Waals surface area contributed by atoms with Gasteiger partial charge in [-0.05, 0) is 24.5 Å². The van der Waals surface area contributed by atoms with Crippen LogP contribution in [-0.4, -0.2) is 63.6 Å². The van der Waals surface area contributed by atoms with Gasteiger partial charge in [0, 0.05) is 44.3 Å². The number of alkyl halides is 3. The van der Waals surface area contributed by atoms with Crippen molar-refractivity contribution in [1.82, 2.24) is 15.0 Å². The van der Waals surface area contributed by atoms with Gasteiger partial charge in [-0.3, -0.25) is 9.97 Å². The maximum Gasteiger partial charge on any atom is 0.490 e. The fourth-order valence-corrected chi connectivity index (χ4v) is 3.64. The molecule has 0 bridgehead atoms. The molecule has 4 rings (SSSR count). The summed E-state index contributed by atoms with van der Waals surface area (Å²) < 4.78 is 44.0. The van der Waals surface area contributed by atoms with E-state index in [0.29, 0.717) is 13.2 Å². The molecule has 2 unspecified atom stereocenters. The van der Waals surface area contributed by atoms with E-state index in [4.69, 9.17) is 19.4 Å². The SMILES string of the molecule is O=C(O)C(F)(F)F.c1cncc(COC2COC3(CCCN(c4cnccn4)C3)C2)c1. The van der Waals surface area contributed by atoms with Crippen LogP contribution in [0.15, 0.2) is 43.1 Å². The summed E-state index contributed by atoms with van der Waals surface area (Å²) in [7, 11) is 0. The lowest BCUT2D eigenvalue weighted by Crippen LogP contribution is -2.48. The van der Waals surface area contributed by atoms with Gasteiger partial charge >= 0.3 is 12.1 Å². The molecule has 1 N–H and O–H groups in total. The molecule has 0 saturated carbocycles. The molecule has 2 aliphatic heterocycles. The number of nitrogens with zero attached hydrogens (tertiary/aromatic N) is 4. The highest BCUT2D eigenvalue weighted by Crippen LogP contribution is 2.37. The highest BCUT2D eigenvalue weighted by atomic mass is 19.4. The molecule has 31 heavy (non-hydrogen) atoms. The number of piperidine rings is 1. The molecule has 2 saturated heterocycles. The molecule has 0 radical (unpaired) electrons. The van der Waals surface area contributed by atoms with E-state index in [1.54, 1.807) is 18.6 Å². The van der Waals surface area contributed by atoms with Gasteiger partial charge in [0.15, 0.2) is 0 Å². The van der Waals surface area contributed by atoms with Crippen molar-refractivity contribution in [2.45, 2.75) is 43.8 Å². The van der Waals surface area contributed by atoms with Gasteiger partial charge in [0.05, 0.1) is 31.1 Å². The van der Waals surface area contributed by atoms with Crippen LogP contribution in [0.5, 0.6) is 0 Å². The second kappa shape index (κ2) is 10.0. The molecule has 2 aromatic rings. The van der Waals surface area contributed by atoms with Crippen LogP contribution < -0.4 is 4.90 Å². The zero-order valence-corrected chi connectivity index (χ0v) is 16.7. The van der Waals surface area contributed by atoms with Crippen LogP contribution in [-0.2, 0) is 20.9 Å². The standard InChI is InChI=1S/C18H22N4O2.C2HF3O2/c1-3-15(10-19-5-1)12-23-16-9-18(24-13-16)4-2-8-22(14-18)17-11-20-6-7-21-17;3-2(4,5)1(6)7/h1,3,5-7,10-11,16H,2,4,8-9,12-14H2;(H,6,7). The van der Waals surface area contributed by atoms with E-state index >= 15 is 0 Å². The first-order valence-electron chi connectivity index (χ1n) is 9.73. The van der Waals surface area contributed by atoms with Crippen LogP contribution >= 0.6 is 0 Å². The molecule has 168 valence electrons. The van der Waals surface area contributed by atoms with E-state index in [-0.39, 0.29) is 11.7 Å². The van der Waals surface area contributed by atoms with Gasteiger partial charge in [-0.15, -0.1) is 0 Å². The van der Waals surface area contributed by atoms with E-state index < -0.39 is 12.1 Å². The molecule has 2 aromatic heterocycles. The number of carboxylic acids is 1. The lowest BCUT2D eigenvalue weighted by molar-refractivity contribution is -0.192. The topological polar surface area (TPSA) is 97.7 Å². The number of aliphatic carboxylic acids is 1. The van der Waals surface area contributed by atoms with Crippen LogP contribution in [0.2, 0.25) is 0 Å². The maximum atomic E-state index is 10.6. The molecule has 0 amide bonds. The Bertz CT molecular complexity index is 841. The monoisotopic (exact) mass is 440 g/mol. The molecule has 11 heteroatoms. The predicted octanol–water partition coefficient (Wildman–Crippen LogP) is 2.85. The molecule has 2 atom stereocenters. The van der Waals surface area contributed by atoms with Gasteiger partial charge in [-0.1, -0.05) is 6.07 Å². The van der Waals surface area contributed by atoms with Gasteiger partial charge in [0.2, 0.25) is 0 Å². The molecule has 0 aliphatic carbocycles. The minimum atomic E-state index is -5.08. The molecule has 1 spiro atoms. The largest absolute Gasteiger partial charge is 0.490 e. The zero-order valence-electron chi connectivity index (χ0n) is 16.7. The van der Waals surface area contributed by atoms with Crippen LogP contribution in [0.4, 0.5) is 19.0 Å². The molecule has 2 fully saturated rings. The van der Waals surface area contributed by atoms with E-state index in [1.165, 1.54) is 0 Å². The molecule has 4 heterocycles. The summed E-state index contributed by atoms with van der Waals surface area (Å²) in [5.41, 5.74) is 0.985. The summed E-state index contributed by atoms with van der Waals surface area (Å²) in [5, 5.41) is 7.12. The van der Waals surface area contributed by atoms with Crippen molar-refractivity contribution < 1.29 is 32.5 Å². The average molecular weight is 440 g/mol. The Labute approximate surface area is 177 Å². The van der Waals surface area contributed by atoms with Crippen LogP contribution in [0.3, 0.4) is 0 Å². The van der Waals surface area contributed by atoms with Crippen molar-refractivity contribution in [3.63, 3.8) is 0 Å². The highest BCUT2D eigenvalue weighted by molar-refractivity contribution is 5.73. The second-order valence-electron chi connectivity index (χ2n) is 7.38. The summed E-state index contributed by atoms with van der Waals surface area (Å²) >= 11 is 0. The Kier molecular flexibility index (Phi) is 7.39. The van der Waals surface area contributed by atoms with E-state index in [0.717, 1.165) is 43.7 Å². The van der Waals surface area contributed by atoms with Crippen molar-refractivity contribution in [3.05, 3.63) is 48.7 Å². The number of hydrogen-bond acceptors (Lipinski definition) is 7. The normalized spacial score (nSPS) is 23.3. The third-order valence-corrected chi connectivity index (χ3v) is 5.04. The predicted molar refractivity (Wildman–Crippen MR) is 103 cm³/mol. The summed E-state index contributed by atoms with van der Waals surface area (Å²) in [6.45, 7) is 3.11.